The molecule has 1 unspecified atom stereocenters. The number of hydrogen-bond acceptors (Lipinski definition) is 2. The Bertz CT molecular complexity index is 494. The fourth-order valence-corrected chi connectivity index (χ4v) is 1.40. The largest absolute Gasteiger partial charge is 0.451 e. The molecule has 0 N–H and O–H groups in total. The summed E-state index contributed by atoms with van der Waals surface area (Å²) in [4.78, 5) is 0. The Morgan fingerprint density at radius 3 is 2.00 bits per heavy atom. The van der Waals surface area contributed by atoms with Gasteiger partial charge in [0.05, 0.1) is 0 Å². The molecule has 0 aliphatic rings. The first-order chi connectivity index (χ1) is 8.78. The van der Waals surface area contributed by atoms with Crippen LogP contribution in [0.5, 0.6) is 11.5 Å². The predicted molar refractivity (Wildman–Crippen MR) is 68.1 cm³/mol. The van der Waals surface area contributed by atoms with E-state index in [9.17, 15) is 4.39 Å². The van der Waals surface area contributed by atoms with Crippen LogP contribution in [0.15, 0.2) is 67.3 Å². The third-order valence-electron chi connectivity index (χ3n) is 2.25. The van der Waals surface area contributed by atoms with Crippen LogP contribution < -0.4 is 9.47 Å². The molecule has 0 bridgehead atoms. The van der Waals surface area contributed by atoms with E-state index >= 15 is 0 Å². The maximum atomic E-state index is 12.7. The van der Waals surface area contributed by atoms with Crippen molar-refractivity contribution >= 4 is 0 Å². The van der Waals surface area contributed by atoms with E-state index in [4.69, 9.17) is 9.47 Å². The molecule has 0 aliphatic heterocycles. The SMILES string of the molecule is C=CC(Oc1ccccc1)Oc1ccc(F)cc1. The van der Waals surface area contributed by atoms with E-state index < -0.39 is 6.29 Å². The van der Waals surface area contributed by atoms with Crippen LogP contribution in [0.2, 0.25) is 0 Å². The van der Waals surface area contributed by atoms with E-state index in [0.29, 0.717) is 11.5 Å². The van der Waals surface area contributed by atoms with Crippen molar-refractivity contribution in [3.05, 3.63) is 73.1 Å². The molecular formula is C15H13FO2. The van der Waals surface area contributed by atoms with Gasteiger partial charge in [0.2, 0.25) is 0 Å². The summed E-state index contributed by atoms with van der Waals surface area (Å²) in [5, 5.41) is 0. The van der Waals surface area contributed by atoms with Gasteiger partial charge in [-0.2, -0.15) is 0 Å². The second kappa shape index (κ2) is 5.87. The number of ether oxygens (including phenoxy) is 2. The lowest BCUT2D eigenvalue weighted by molar-refractivity contribution is 0.0475. The molecule has 0 aliphatic carbocycles. The second-order valence-electron chi connectivity index (χ2n) is 3.61. The highest BCUT2D eigenvalue weighted by Gasteiger charge is 2.07. The van der Waals surface area contributed by atoms with Gasteiger partial charge in [0.25, 0.3) is 6.29 Å². The quantitative estimate of drug-likeness (QED) is 0.588. The highest BCUT2D eigenvalue weighted by molar-refractivity contribution is 5.24. The number of hydrogen-bond donors (Lipinski definition) is 0. The van der Waals surface area contributed by atoms with Gasteiger partial charge >= 0.3 is 0 Å². The van der Waals surface area contributed by atoms with E-state index in [0.717, 1.165) is 0 Å². The molecule has 3 heteroatoms. The Morgan fingerprint density at radius 2 is 1.44 bits per heavy atom. The van der Waals surface area contributed by atoms with Crippen molar-refractivity contribution in [3.63, 3.8) is 0 Å². The number of benzene rings is 2. The smallest absolute Gasteiger partial charge is 0.260 e. The Morgan fingerprint density at radius 1 is 0.889 bits per heavy atom. The molecule has 0 radical (unpaired) electrons. The van der Waals surface area contributed by atoms with Crippen molar-refractivity contribution in [3.8, 4) is 11.5 Å². The van der Waals surface area contributed by atoms with Crippen LogP contribution in [0.1, 0.15) is 0 Å². The van der Waals surface area contributed by atoms with Crippen LogP contribution >= 0.6 is 0 Å². The summed E-state index contributed by atoms with van der Waals surface area (Å²) in [6.07, 6.45) is 0.925. The highest BCUT2D eigenvalue weighted by atomic mass is 19.1. The lowest BCUT2D eigenvalue weighted by atomic mass is 10.3. The summed E-state index contributed by atoms with van der Waals surface area (Å²) in [6.45, 7) is 3.65. The highest BCUT2D eigenvalue weighted by Crippen LogP contribution is 2.16. The predicted octanol–water partition coefficient (Wildman–Crippen LogP) is 3.80. The monoisotopic (exact) mass is 244 g/mol. The standard InChI is InChI=1S/C15H13FO2/c1-2-15(17-13-6-4-3-5-7-13)18-14-10-8-12(16)9-11-14/h2-11,15H,1H2. The molecule has 18 heavy (non-hydrogen) atoms. The van der Waals surface area contributed by atoms with E-state index in [1.54, 1.807) is 12.1 Å². The molecule has 0 spiro atoms. The van der Waals surface area contributed by atoms with Crippen molar-refractivity contribution in [2.24, 2.45) is 0 Å². The van der Waals surface area contributed by atoms with Crippen LogP contribution in [-0.4, -0.2) is 6.29 Å². The lowest BCUT2D eigenvalue weighted by Crippen LogP contribution is -2.20. The first kappa shape index (κ1) is 12.2. The van der Waals surface area contributed by atoms with Gasteiger partial charge in [0.15, 0.2) is 0 Å². The van der Waals surface area contributed by atoms with E-state index in [1.165, 1.54) is 18.2 Å². The molecule has 0 heterocycles. The van der Waals surface area contributed by atoms with Gasteiger partial charge < -0.3 is 9.47 Å². The first-order valence-corrected chi connectivity index (χ1v) is 5.54. The fraction of sp³-hybridized carbons (Fsp3) is 0.0667. The minimum atomic E-state index is -0.613. The van der Waals surface area contributed by atoms with E-state index in [-0.39, 0.29) is 5.82 Å². The molecule has 2 aromatic carbocycles. The van der Waals surface area contributed by atoms with Crippen molar-refractivity contribution < 1.29 is 13.9 Å². The van der Waals surface area contributed by atoms with Crippen LogP contribution in [0.25, 0.3) is 0 Å². The van der Waals surface area contributed by atoms with Crippen LogP contribution in [0.3, 0.4) is 0 Å². The summed E-state index contributed by atoms with van der Waals surface area (Å²) >= 11 is 0. The molecule has 0 aromatic heterocycles. The first-order valence-electron chi connectivity index (χ1n) is 5.54. The number of para-hydroxylation sites is 1. The molecule has 92 valence electrons. The average molecular weight is 244 g/mol. The van der Waals surface area contributed by atoms with Crippen LogP contribution in [-0.2, 0) is 0 Å². The van der Waals surface area contributed by atoms with E-state index in [1.807, 2.05) is 30.3 Å². The van der Waals surface area contributed by atoms with Crippen LogP contribution in [0.4, 0.5) is 4.39 Å². The lowest BCUT2D eigenvalue weighted by Gasteiger charge is -2.17. The summed E-state index contributed by atoms with van der Waals surface area (Å²) in [5.74, 6) is 0.906. The van der Waals surface area contributed by atoms with Gasteiger partial charge in [0, 0.05) is 0 Å². The minimum absolute atomic E-state index is 0.304. The van der Waals surface area contributed by atoms with Gasteiger partial charge in [-0.1, -0.05) is 24.8 Å². The second-order valence-corrected chi connectivity index (χ2v) is 3.61. The molecule has 0 saturated carbocycles. The maximum Gasteiger partial charge on any atom is 0.260 e. The minimum Gasteiger partial charge on any atom is -0.451 e. The van der Waals surface area contributed by atoms with Crippen molar-refractivity contribution in [1.82, 2.24) is 0 Å². The van der Waals surface area contributed by atoms with Crippen molar-refractivity contribution in [1.29, 1.82) is 0 Å². The third kappa shape index (κ3) is 3.35. The topological polar surface area (TPSA) is 18.5 Å². The summed E-state index contributed by atoms with van der Waals surface area (Å²) in [6, 6.07) is 15.0. The molecule has 2 aromatic rings. The Labute approximate surface area is 105 Å². The van der Waals surface area contributed by atoms with Gasteiger partial charge in [0.1, 0.15) is 17.3 Å². The molecule has 1 atom stereocenters. The third-order valence-corrected chi connectivity index (χ3v) is 2.25. The molecule has 2 rings (SSSR count). The number of halogens is 1. The van der Waals surface area contributed by atoms with Gasteiger partial charge in [-0.25, -0.2) is 4.39 Å². The molecule has 0 fully saturated rings. The van der Waals surface area contributed by atoms with Crippen LogP contribution in [0, 0.1) is 5.82 Å². The maximum absolute atomic E-state index is 12.7. The Hall–Kier alpha value is -2.29. The molecule has 0 saturated heterocycles. The Kier molecular flexibility index (Phi) is 3.97. The van der Waals surface area contributed by atoms with Gasteiger partial charge in [-0.3, -0.25) is 0 Å². The normalized spacial score (nSPS) is 11.6. The fourth-order valence-electron chi connectivity index (χ4n) is 1.40. The summed E-state index contributed by atoms with van der Waals surface area (Å²) in [7, 11) is 0. The van der Waals surface area contributed by atoms with Crippen molar-refractivity contribution in [2.45, 2.75) is 6.29 Å². The Balaban J connectivity index is 2.01. The molecule has 0 amide bonds. The molecule has 2 nitrogen and oxygen atoms in total. The summed E-state index contributed by atoms with van der Waals surface area (Å²) in [5.41, 5.74) is 0. The van der Waals surface area contributed by atoms with Gasteiger partial charge in [-0.15, -0.1) is 0 Å². The van der Waals surface area contributed by atoms with E-state index in [2.05, 4.69) is 6.58 Å². The zero-order chi connectivity index (χ0) is 12.8. The van der Waals surface area contributed by atoms with Crippen molar-refractivity contribution in [2.75, 3.05) is 0 Å². The molecular weight excluding hydrogens is 231 g/mol. The van der Waals surface area contributed by atoms with Gasteiger partial charge in [-0.05, 0) is 42.5 Å². The number of rotatable bonds is 5. The zero-order valence-electron chi connectivity index (χ0n) is 9.75. The average Bonchev–Trinajstić information content (AvgIpc) is 2.41. The zero-order valence-corrected chi connectivity index (χ0v) is 9.75. The summed E-state index contributed by atoms with van der Waals surface area (Å²) < 4.78 is 23.8.